The molecule has 1 aromatic carbocycles. The van der Waals surface area contributed by atoms with E-state index in [1.807, 2.05) is 23.9 Å². The van der Waals surface area contributed by atoms with Crippen molar-refractivity contribution in [3.63, 3.8) is 0 Å². The quantitative estimate of drug-likeness (QED) is 0.335. The van der Waals surface area contributed by atoms with E-state index in [1.165, 1.54) is 19.2 Å². The number of rotatable bonds is 6. The maximum atomic E-state index is 14.5. The van der Waals surface area contributed by atoms with Crippen LogP contribution in [0.25, 0.3) is 22.2 Å². The highest BCUT2D eigenvalue weighted by molar-refractivity contribution is 6.31. The average Bonchev–Trinajstić information content (AvgIpc) is 3.46. The molecule has 5 rings (SSSR count). The van der Waals surface area contributed by atoms with E-state index in [1.54, 1.807) is 12.4 Å². The van der Waals surface area contributed by atoms with Gasteiger partial charge in [0.15, 0.2) is 0 Å². The molecule has 2 N–H and O–H groups in total. The van der Waals surface area contributed by atoms with Crippen LogP contribution >= 0.6 is 11.6 Å². The molecule has 1 aliphatic carbocycles. The Hall–Kier alpha value is -2.97. The highest BCUT2D eigenvalue weighted by Gasteiger charge is 2.27. The van der Waals surface area contributed by atoms with Crippen molar-refractivity contribution in [3.8, 4) is 16.9 Å². The van der Waals surface area contributed by atoms with Gasteiger partial charge in [0, 0.05) is 46.1 Å². The molecule has 0 bridgehead atoms. The lowest BCUT2D eigenvalue weighted by Crippen LogP contribution is -2.22. The molecule has 3 aromatic heterocycles. The lowest BCUT2D eigenvalue weighted by atomic mass is 9.91. The number of alkyl halides is 1. The first kappa shape index (κ1) is 23.8. The predicted octanol–water partition coefficient (Wildman–Crippen LogP) is 6.11. The van der Waals surface area contributed by atoms with E-state index in [4.69, 9.17) is 16.3 Å². The molecule has 0 saturated heterocycles. The van der Waals surface area contributed by atoms with Crippen LogP contribution in [0.5, 0.6) is 5.75 Å². The van der Waals surface area contributed by atoms with Crippen molar-refractivity contribution in [2.75, 3.05) is 13.8 Å². The van der Waals surface area contributed by atoms with Crippen LogP contribution < -0.4 is 4.74 Å². The molecule has 1 fully saturated rings. The smallest absolute Gasteiger partial charge is 0.142 e. The Labute approximate surface area is 206 Å². The van der Waals surface area contributed by atoms with Gasteiger partial charge in [-0.2, -0.15) is 5.10 Å². The van der Waals surface area contributed by atoms with Crippen LogP contribution in [0.15, 0.2) is 36.8 Å². The van der Waals surface area contributed by atoms with Crippen LogP contribution in [0.2, 0.25) is 5.02 Å². The largest absolute Gasteiger partial charge is 0.496 e. The molecule has 0 aliphatic heterocycles. The number of benzene rings is 1. The number of aliphatic hydroxyl groups excluding tert-OH is 1. The Morgan fingerprint density at radius 3 is 2.74 bits per heavy atom. The van der Waals surface area contributed by atoms with Crippen molar-refractivity contribution in [3.05, 3.63) is 64.5 Å². The Bertz CT molecular complexity index is 1360. The molecule has 0 radical (unpaired) electrons. The van der Waals surface area contributed by atoms with Gasteiger partial charge in [-0.25, -0.2) is 9.37 Å². The normalized spacial score (nSPS) is 19.3. The lowest BCUT2D eigenvalue weighted by molar-refractivity contribution is 0.107. The topological polar surface area (TPSA) is 76.0 Å². The monoisotopic (exact) mass is 500 g/mol. The minimum absolute atomic E-state index is 0.153. The van der Waals surface area contributed by atoms with Crippen LogP contribution in [0.4, 0.5) is 8.78 Å². The van der Waals surface area contributed by atoms with Crippen LogP contribution in [0.1, 0.15) is 54.5 Å². The van der Waals surface area contributed by atoms with E-state index in [0.717, 1.165) is 47.9 Å². The van der Waals surface area contributed by atoms with E-state index >= 15 is 0 Å². The van der Waals surface area contributed by atoms with Gasteiger partial charge in [-0.15, -0.1) is 0 Å². The fraction of sp³-hybridized carbons (Fsp3) is 0.385. The molecule has 184 valence electrons. The van der Waals surface area contributed by atoms with Crippen molar-refractivity contribution in [1.29, 1.82) is 0 Å². The second kappa shape index (κ2) is 9.59. The van der Waals surface area contributed by atoms with Crippen molar-refractivity contribution in [2.45, 2.75) is 50.7 Å². The van der Waals surface area contributed by atoms with Crippen LogP contribution in [0, 0.1) is 12.7 Å². The van der Waals surface area contributed by atoms with Crippen molar-refractivity contribution in [2.24, 2.45) is 0 Å². The third-order valence-corrected chi connectivity index (χ3v) is 7.51. The van der Waals surface area contributed by atoms with Gasteiger partial charge >= 0.3 is 0 Å². The third kappa shape index (κ3) is 4.19. The number of nitrogens with one attached hydrogen (secondary N) is 1. The van der Waals surface area contributed by atoms with Gasteiger partial charge in [-0.1, -0.05) is 11.6 Å². The molecule has 1 aliphatic rings. The highest BCUT2D eigenvalue weighted by Crippen LogP contribution is 2.42. The molecule has 1 atom stereocenters. The molecular weight excluding hydrogens is 474 g/mol. The minimum Gasteiger partial charge on any atom is -0.496 e. The van der Waals surface area contributed by atoms with E-state index in [9.17, 15) is 13.9 Å². The second-order valence-corrected chi connectivity index (χ2v) is 9.48. The van der Waals surface area contributed by atoms with Gasteiger partial charge in [0.2, 0.25) is 0 Å². The number of H-pyrrole nitrogens is 1. The van der Waals surface area contributed by atoms with E-state index < -0.39 is 18.4 Å². The number of pyridine rings is 1. The Morgan fingerprint density at radius 2 is 2.03 bits per heavy atom. The Kier molecular flexibility index (Phi) is 6.51. The van der Waals surface area contributed by atoms with Crippen LogP contribution in [-0.4, -0.2) is 44.7 Å². The zero-order valence-electron chi connectivity index (χ0n) is 19.6. The van der Waals surface area contributed by atoms with Gasteiger partial charge in [0.25, 0.3) is 0 Å². The standard InChI is InChI=1S/C26H27ClF2N4O2/c1-14-20(13-32-33(14)16-3-5-17(34)6-4-16)15-9-18-21(12-31-26(18)30-11-15)19(10-28)24-23(35-2)8-7-22(29)25(24)27/h7-9,11-13,16-17,19,34H,3-6,10H2,1-2H3,(H,30,31)/t16?,17?,19-/m0/s1. The minimum atomic E-state index is -0.837. The van der Waals surface area contributed by atoms with Gasteiger partial charge in [0.05, 0.1) is 30.5 Å². The zero-order chi connectivity index (χ0) is 24.7. The van der Waals surface area contributed by atoms with Gasteiger partial charge in [-0.05, 0) is 56.4 Å². The highest BCUT2D eigenvalue weighted by atomic mass is 35.5. The zero-order valence-corrected chi connectivity index (χ0v) is 20.3. The number of ether oxygens (including phenoxy) is 1. The maximum Gasteiger partial charge on any atom is 0.142 e. The van der Waals surface area contributed by atoms with E-state index in [-0.39, 0.29) is 22.7 Å². The van der Waals surface area contributed by atoms with Gasteiger partial charge < -0.3 is 14.8 Å². The first-order chi connectivity index (χ1) is 16.9. The summed E-state index contributed by atoms with van der Waals surface area (Å²) in [5.74, 6) is -1.14. The van der Waals surface area contributed by atoms with Crippen molar-refractivity contribution in [1.82, 2.24) is 19.7 Å². The molecule has 0 amide bonds. The summed E-state index contributed by atoms with van der Waals surface area (Å²) in [4.78, 5) is 7.66. The summed E-state index contributed by atoms with van der Waals surface area (Å²) < 4.78 is 36.2. The molecule has 0 spiro atoms. The summed E-state index contributed by atoms with van der Waals surface area (Å²) in [5, 5.41) is 15.0. The molecule has 0 unspecified atom stereocenters. The third-order valence-electron chi connectivity index (χ3n) is 7.12. The molecule has 4 aromatic rings. The number of aromatic nitrogens is 4. The summed E-state index contributed by atoms with van der Waals surface area (Å²) in [6.07, 6.45) is 8.38. The number of nitrogens with zero attached hydrogens (tertiary/aromatic N) is 3. The SMILES string of the molecule is COc1ccc(F)c(Cl)c1[C@@H](CF)c1c[nH]c2ncc(-c3cnn(C4CCC(O)CC4)c3C)cc12. The number of hydrogen-bond donors (Lipinski definition) is 2. The van der Waals surface area contributed by atoms with E-state index in [2.05, 4.69) is 15.1 Å². The van der Waals surface area contributed by atoms with Crippen molar-refractivity contribution >= 4 is 22.6 Å². The van der Waals surface area contributed by atoms with Crippen LogP contribution in [0.3, 0.4) is 0 Å². The van der Waals surface area contributed by atoms with Gasteiger partial charge in [0.1, 0.15) is 23.9 Å². The summed E-state index contributed by atoms with van der Waals surface area (Å²) >= 11 is 6.28. The summed E-state index contributed by atoms with van der Waals surface area (Å²) in [5.41, 5.74) is 4.30. The predicted molar refractivity (Wildman–Crippen MR) is 131 cm³/mol. The number of aromatic amines is 1. The first-order valence-electron chi connectivity index (χ1n) is 11.7. The number of hydrogen-bond acceptors (Lipinski definition) is 4. The molecule has 3 heterocycles. The van der Waals surface area contributed by atoms with Crippen molar-refractivity contribution < 1.29 is 18.6 Å². The number of methoxy groups -OCH3 is 1. The fourth-order valence-electron chi connectivity index (χ4n) is 5.20. The molecule has 9 heteroatoms. The second-order valence-electron chi connectivity index (χ2n) is 9.10. The van der Waals surface area contributed by atoms with E-state index in [0.29, 0.717) is 17.0 Å². The molecular formula is C26H27ClF2N4O2. The fourth-order valence-corrected chi connectivity index (χ4v) is 5.49. The molecule has 1 saturated carbocycles. The summed E-state index contributed by atoms with van der Waals surface area (Å²) in [6.45, 7) is 1.23. The number of halogens is 3. The lowest BCUT2D eigenvalue weighted by Gasteiger charge is -2.26. The molecule has 35 heavy (non-hydrogen) atoms. The van der Waals surface area contributed by atoms with Gasteiger partial charge in [-0.3, -0.25) is 9.07 Å². The summed E-state index contributed by atoms with van der Waals surface area (Å²) in [6, 6.07) is 4.88. The Morgan fingerprint density at radius 1 is 1.26 bits per heavy atom. The van der Waals surface area contributed by atoms with Crippen LogP contribution in [-0.2, 0) is 0 Å². The molecule has 6 nitrogen and oxygen atoms in total. The Balaban J connectivity index is 1.56. The number of fused-ring (bicyclic) bond motifs is 1. The maximum absolute atomic E-state index is 14.5. The number of aliphatic hydroxyl groups is 1. The summed E-state index contributed by atoms with van der Waals surface area (Å²) in [7, 11) is 1.45. The first-order valence-corrected chi connectivity index (χ1v) is 12.1. The average molecular weight is 501 g/mol.